The van der Waals surface area contributed by atoms with Gasteiger partial charge in [-0.05, 0) is 12.8 Å². The van der Waals surface area contributed by atoms with E-state index in [1.165, 1.54) is 116 Å². The number of carbonyl (C=O) groups is 1. The molecule has 0 aliphatic carbocycles. The van der Waals surface area contributed by atoms with E-state index in [1.807, 2.05) is 0 Å². The summed E-state index contributed by atoms with van der Waals surface area (Å²) in [5, 5.41) is 0.416. The van der Waals surface area contributed by atoms with Crippen molar-refractivity contribution in [3.05, 3.63) is 0 Å². The Kier molecular flexibility index (Phi) is 23.1. The van der Waals surface area contributed by atoms with Gasteiger partial charge in [-0.3, -0.25) is 4.79 Å². The Morgan fingerprint density at radius 3 is 1.27 bits per heavy atom. The van der Waals surface area contributed by atoms with Crippen LogP contribution >= 0.6 is 11.8 Å². The molecule has 156 valence electrons. The van der Waals surface area contributed by atoms with Crippen LogP contribution in [0.15, 0.2) is 0 Å². The second-order valence-electron chi connectivity index (χ2n) is 7.98. The third-order valence-corrected chi connectivity index (χ3v) is 6.26. The van der Waals surface area contributed by atoms with Crippen LogP contribution in [-0.2, 0) is 4.79 Å². The largest absolute Gasteiger partial charge is 0.287 e. The average Bonchev–Trinajstić information content (AvgIpc) is 2.64. The van der Waals surface area contributed by atoms with Crippen LogP contribution in [-0.4, -0.2) is 10.9 Å². The van der Waals surface area contributed by atoms with Crippen molar-refractivity contribution in [1.82, 2.24) is 0 Å². The van der Waals surface area contributed by atoms with Crippen LogP contribution < -0.4 is 0 Å². The lowest BCUT2D eigenvalue weighted by atomic mass is 10.0. The van der Waals surface area contributed by atoms with Gasteiger partial charge in [0.15, 0.2) is 5.12 Å². The molecule has 0 heterocycles. The van der Waals surface area contributed by atoms with Crippen molar-refractivity contribution in [2.75, 3.05) is 5.75 Å². The zero-order chi connectivity index (χ0) is 19.1. The maximum atomic E-state index is 11.6. The van der Waals surface area contributed by atoms with E-state index in [4.69, 9.17) is 0 Å². The van der Waals surface area contributed by atoms with Crippen molar-refractivity contribution in [3.8, 4) is 0 Å². The summed E-state index contributed by atoms with van der Waals surface area (Å²) in [5.74, 6) is 1.05. The van der Waals surface area contributed by atoms with Gasteiger partial charge in [-0.25, -0.2) is 0 Å². The molecule has 2 heteroatoms. The first-order valence-electron chi connectivity index (χ1n) is 12.0. The fourth-order valence-electron chi connectivity index (χ4n) is 3.43. The number of unbranched alkanes of at least 4 members (excludes halogenated alkanes) is 17. The van der Waals surface area contributed by atoms with Crippen molar-refractivity contribution in [2.24, 2.45) is 0 Å². The molecule has 0 aromatic rings. The van der Waals surface area contributed by atoms with Crippen LogP contribution in [0, 0.1) is 0 Å². The maximum Gasteiger partial charge on any atom is 0.188 e. The van der Waals surface area contributed by atoms with Crippen LogP contribution in [0.5, 0.6) is 0 Å². The molecule has 0 bridgehead atoms. The van der Waals surface area contributed by atoms with Gasteiger partial charge < -0.3 is 0 Å². The monoisotopic (exact) mass is 384 g/mol. The summed E-state index contributed by atoms with van der Waals surface area (Å²) < 4.78 is 0. The number of carbonyl (C=O) groups excluding carboxylic acids is 1. The number of hydrogen-bond donors (Lipinski definition) is 0. The van der Waals surface area contributed by atoms with E-state index in [0.29, 0.717) is 5.12 Å². The predicted octanol–water partition coefficient (Wildman–Crippen LogP) is 9.09. The molecule has 0 saturated heterocycles. The third kappa shape index (κ3) is 22.1. The summed E-state index contributed by atoms with van der Waals surface area (Å²) in [7, 11) is 0. The lowest BCUT2D eigenvalue weighted by Gasteiger charge is -2.04. The second-order valence-corrected chi connectivity index (χ2v) is 9.13. The highest BCUT2D eigenvalue weighted by atomic mass is 32.2. The third-order valence-electron chi connectivity index (χ3n) is 5.25. The molecule has 0 amide bonds. The first-order chi connectivity index (χ1) is 12.8. The zero-order valence-corrected chi connectivity index (χ0v) is 19.0. The van der Waals surface area contributed by atoms with Gasteiger partial charge in [0.1, 0.15) is 0 Å². The van der Waals surface area contributed by atoms with Gasteiger partial charge >= 0.3 is 0 Å². The summed E-state index contributed by atoms with van der Waals surface area (Å²) in [5.41, 5.74) is 0. The minimum atomic E-state index is 0.416. The normalized spacial score (nSPS) is 11.2. The summed E-state index contributed by atoms with van der Waals surface area (Å²) in [4.78, 5) is 11.6. The van der Waals surface area contributed by atoms with Crippen LogP contribution in [0.2, 0.25) is 0 Å². The molecule has 0 atom stereocenters. The molecule has 0 aromatic carbocycles. The molecular weight excluding hydrogens is 336 g/mol. The van der Waals surface area contributed by atoms with Gasteiger partial charge in [0, 0.05) is 12.2 Å². The minimum absolute atomic E-state index is 0.416. The summed E-state index contributed by atoms with van der Waals surface area (Å²) in [6.45, 7) is 4.48. The minimum Gasteiger partial charge on any atom is -0.287 e. The molecule has 0 rings (SSSR count). The molecule has 0 unspecified atom stereocenters. The van der Waals surface area contributed by atoms with Gasteiger partial charge in [0.25, 0.3) is 0 Å². The van der Waals surface area contributed by atoms with Crippen LogP contribution in [0.4, 0.5) is 0 Å². The Bertz CT molecular complexity index is 277. The molecule has 0 N–H and O–H groups in total. The van der Waals surface area contributed by atoms with Crippen LogP contribution in [0.3, 0.4) is 0 Å². The lowest BCUT2D eigenvalue weighted by molar-refractivity contribution is -0.111. The van der Waals surface area contributed by atoms with Crippen LogP contribution in [0.25, 0.3) is 0 Å². The Hall–Kier alpha value is 0.0200. The van der Waals surface area contributed by atoms with E-state index in [0.717, 1.165) is 18.6 Å². The van der Waals surface area contributed by atoms with E-state index in [-0.39, 0.29) is 0 Å². The highest BCUT2D eigenvalue weighted by molar-refractivity contribution is 8.13. The number of hydrogen-bond acceptors (Lipinski definition) is 2. The van der Waals surface area contributed by atoms with E-state index >= 15 is 0 Å². The fourth-order valence-corrected chi connectivity index (χ4v) is 4.29. The summed E-state index contributed by atoms with van der Waals surface area (Å²) in [6.07, 6.45) is 26.8. The fraction of sp³-hybridized carbons (Fsp3) is 0.958. The van der Waals surface area contributed by atoms with Crippen molar-refractivity contribution in [1.29, 1.82) is 0 Å². The Balaban J connectivity index is 3.06. The SMILES string of the molecule is CCCCCCCCCCCCCCCCCCSC(=O)CCCCC. The van der Waals surface area contributed by atoms with Crippen molar-refractivity contribution in [2.45, 2.75) is 142 Å². The molecule has 0 spiro atoms. The highest BCUT2D eigenvalue weighted by Crippen LogP contribution is 2.15. The molecular formula is C24H48OS. The summed E-state index contributed by atoms with van der Waals surface area (Å²) >= 11 is 1.57. The quantitative estimate of drug-likeness (QED) is 0.183. The number of rotatable bonds is 21. The van der Waals surface area contributed by atoms with Gasteiger partial charge in [-0.1, -0.05) is 135 Å². The molecule has 0 aliphatic heterocycles. The van der Waals surface area contributed by atoms with Gasteiger partial charge in [-0.2, -0.15) is 0 Å². The predicted molar refractivity (Wildman–Crippen MR) is 121 cm³/mol. The molecule has 1 nitrogen and oxygen atoms in total. The number of thioether (sulfide) groups is 1. The molecule has 26 heavy (non-hydrogen) atoms. The topological polar surface area (TPSA) is 17.1 Å². The van der Waals surface area contributed by atoms with Crippen molar-refractivity contribution < 1.29 is 4.79 Å². The molecule has 0 aliphatic rings. The average molecular weight is 385 g/mol. The Labute approximate surface area is 169 Å². The van der Waals surface area contributed by atoms with Gasteiger partial charge in [0.05, 0.1) is 0 Å². The first-order valence-corrected chi connectivity index (χ1v) is 13.0. The van der Waals surface area contributed by atoms with E-state index in [2.05, 4.69) is 13.8 Å². The van der Waals surface area contributed by atoms with Crippen molar-refractivity contribution in [3.63, 3.8) is 0 Å². The van der Waals surface area contributed by atoms with Crippen molar-refractivity contribution >= 4 is 16.9 Å². The second kappa shape index (κ2) is 23.1. The molecule has 0 aromatic heterocycles. The van der Waals surface area contributed by atoms with Crippen LogP contribution in [0.1, 0.15) is 142 Å². The van der Waals surface area contributed by atoms with E-state index < -0.39 is 0 Å². The molecule has 0 saturated carbocycles. The lowest BCUT2D eigenvalue weighted by Crippen LogP contribution is -1.93. The summed E-state index contributed by atoms with van der Waals surface area (Å²) in [6, 6.07) is 0. The molecule has 0 radical (unpaired) electrons. The zero-order valence-electron chi connectivity index (χ0n) is 18.2. The van der Waals surface area contributed by atoms with Gasteiger partial charge in [0.2, 0.25) is 0 Å². The first kappa shape index (κ1) is 26.0. The van der Waals surface area contributed by atoms with E-state index in [1.54, 1.807) is 11.8 Å². The Morgan fingerprint density at radius 1 is 0.500 bits per heavy atom. The highest BCUT2D eigenvalue weighted by Gasteiger charge is 2.01. The standard InChI is InChI=1S/C24H48OS/c1-3-5-7-8-9-10-11-12-13-14-15-16-17-18-19-21-23-26-24(25)22-20-6-4-2/h3-23H2,1-2H3. The molecule has 0 fully saturated rings. The van der Waals surface area contributed by atoms with Gasteiger partial charge in [-0.15, -0.1) is 0 Å². The Morgan fingerprint density at radius 2 is 0.846 bits per heavy atom. The maximum absolute atomic E-state index is 11.6. The smallest absolute Gasteiger partial charge is 0.188 e. The van der Waals surface area contributed by atoms with E-state index in [9.17, 15) is 4.79 Å².